The van der Waals surface area contributed by atoms with Crippen molar-refractivity contribution < 1.29 is 173 Å². The summed E-state index contributed by atoms with van der Waals surface area (Å²) in [4.78, 5) is 24.4. The quantitative estimate of drug-likeness (QED) is 0.102. The Kier molecular flexibility index (Phi) is 23.7. The van der Waals surface area contributed by atoms with E-state index < -0.39 is 270 Å². The van der Waals surface area contributed by atoms with Crippen LogP contribution < -0.4 is 0 Å². The van der Waals surface area contributed by atoms with E-state index in [9.17, 15) is 107 Å². The van der Waals surface area contributed by atoms with Crippen molar-refractivity contribution in [3.63, 3.8) is 0 Å². The molecule has 21 fully saturated rings. The van der Waals surface area contributed by atoms with Crippen molar-refractivity contribution in [2.45, 2.75) is 229 Å². The molecule has 35 nitrogen and oxygen atoms in total. The number of hydrogen-bond donors (Lipinski definition) is 19. The fraction of sp³-hybridized carbons (Fsp3) is 0.957. The number of aliphatic hydroxyl groups is 19. The van der Waals surface area contributed by atoms with E-state index in [1.807, 2.05) is 0 Å². The van der Waals surface area contributed by atoms with Crippen molar-refractivity contribution >= 4 is 33.8 Å². The predicted molar refractivity (Wildman–Crippen MR) is 261 cm³/mol. The van der Waals surface area contributed by atoms with Gasteiger partial charge in [-0.1, -0.05) is 23.5 Å². The van der Waals surface area contributed by atoms with Gasteiger partial charge in [0.05, 0.1) is 45.2 Å². The Labute approximate surface area is 478 Å². The zero-order chi connectivity index (χ0) is 60.6. The Morgan fingerprint density at radius 2 is 0.398 bits per heavy atom. The Morgan fingerprint density at radius 1 is 0.253 bits per heavy atom. The SMILES string of the molecule is CC(=O)SC[C@H]1O[C@@H]2O[C@H]3[C@H](O)[C@@H](O)[C@@H](O[C@H]4[C@H](O)[C@@H](O)[C@@H](O[C@H]5[C@H](O)[C@@H](O)[C@@H](O[C@H]6[C@H](O)[C@@H](O)[C@@H](O[C@H]7[C@H](O)[C@@H](O)[C@@H](O[C@H]8[C@H](O)[C@@H](O)[C@@H](O[C@H]1[C@H](O)[C@H]2O)O[C@@H]8CO)O[C@@H]7CO)O[C@@H]6CO)O[C@@H]5CSC(C)=O)O[C@@H]4CO)O[C@@H]3CO. The summed E-state index contributed by atoms with van der Waals surface area (Å²) >= 11 is 1.23. The Hall–Kier alpha value is -1.28. The highest BCUT2D eigenvalue weighted by molar-refractivity contribution is 8.13. The lowest BCUT2D eigenvalue weighted by atomic mass is 9.95. The van der Waals surface area contributed by atoms with Crippen molar-refractivity contribution in [1.82, 2.24) is 0 Å². The number of aliphatic hydroxyl groups excluding tert-OH is 19. The third-order valence-electron chi connectivity index (χ3n) is 15.3. The van der Waals surface area contributed by atoms with Crippen LogP contribution in [0, 0.1) is 0 Å². The van der Waals surface area contributed by atoms with E-state index in [2.05, 4.69) is 0 Å². The van der Waals surface area contributed by atoms with Gasteiger partial charge in [0, 0.05) is 25.4 Å². The average molecular weight is 1250 g/mol. The van der Waals surface area contributed by atoms with Gasteiger partial charge in [0.15, 0.2) is 54.3 Å². The minimum atomic E-state index is -2.22. The maximum Gasteiger partial charge on any atom is 0.187 e. The van der Waals surface area contributed by atoms with E-state index in [0.717, 1.165) is 0 Å². The average Bonchev–Trinajstić information content (AvgIpc) is 3.57. The third-order valence-corrected chi connectivity index (χ3v) is 17.1. The summed E-state index contributed by atoms with van der Waals surface area (Å²) in [6, 6.07) is 0. The standard InChI is InChI=1S/C46H74O35S2/c1-10(52)82-8-17-38-25(60)32(67)46(74-17)79-37-16(7-51)70-42(28(63)21(37)56)77-35-14(5-49)72-44(30(65)23(35)58)81-39-18(9-83-11(2)53)73-45(31(66)24(39)59)78-36-15(6-50)69-41(27(62)20(36)55)75-33-12(3-47)68-40(26(61)19(33)54)76-34-13(4-48)71-43(80-38)29(64)22(34)57/h12-51,54-67H,3-9H2,1-2H3/t12-,13-,14-,15-,16-,17-,18-,19-,20-,21-,22-,23-,24-,25-,26-,27-,28-,29-,30-,31-,32-,33-,34-,35-,36-,37-,38-,39-,40-,41-,42-,43-,44-,45-,46-/m1/s1. The molecule has 21 aliphatic rings. The van der Waals surface area contributed by atoms with Gasteiger partial charge in [-0.2, -0.15) is 0 Å². The van der Waals surface area contributed by atoms with Gasteiger partial charge in [0.1, 0.15) is 159 Å². The van der Waals surface area contributed by atoms with E-state index in [0.29, 0.717) is 23.5 Å². The molecule has 0 unspecified atom stereocenters. The van der Waals surface area contributed by atoms with Crippen LogP contribution in [0.3, 0.4) is 0 Å². The van der Waals surface area contributed by atoms with E-state index in [1.54, 1.807) is 0 Å². The lowest BCUT2D eigenvalue weighted by molar-refractivity contribution is -0.395. The first-order valence-corrected chi connectivity index (χ1v) is 28.4. The minimum Gasteiger partial charge on any atom is -0.394 e. The molecule has 19 N–H and O–H groups in total. The van der Waals surface area contributed by atoms with Crippen molar-refractivity contribution in [1.29, 1.82) is 0 Å². The van der Waals surface area contributed by atoms with Gasteiger partial charge in [-0.3, -0.25) is 9.59 Å². The second kappa shape index (κ2) is 29.1. The lowest BCUT2D eigenvalue weighted by Gasteiger charge is -2.50. The maximum absolute atomic E-state index is 12.2. The smallest absolute Gasteiger partial charge is 0.187 e. The van der Waals surface area contributed by atoms with Crippen molar-refractivity contribution in [2.75, 3.05) is 44.5 Å². The molecule has 37 heteroatoms. The summed E-state index contributed by atoms with van der Waals surface area (Å²) in [5, 5.41) is 212. The maximum atomic E-state index is 12.2. The molecule has 14 bridgehead atoms. The number of carbonyl (C=O) groups is 2. The number of ether oxygens (including phenoxy) is 14. The molecule has 21 saturated heterocycles. The summed E-state index contributed by atoms with van der Waals surface area (Å²) in [5.74, 6) is -0.802. The van der Waals surface area contributed by atoms with Gasteiger partial charge in [0.2, 0.25) is 0 Å². The van der Waals surface area contributed by atoms with Crippen LogP contribution in [0.4, 0.5) is 0 Å². The Balaban J connectivity index is 1.11. The number of carbonyl (C=O) groups excluding carboxylic acids is 2. The van der Waals surface area contributed by atoms with Crippen LogP contribution in [0.15, 0.2) is 0 Å². The fourth-order valence-electron chi connectivity index (χ4n) is 10.8. The number of hydrogen-bond acceptors (Lipinski definition) is 37. The third kappa shape index (κ3) is 14.3. The first-order valence-electron chi connectivity index (χ1n) is 26.4. The van der Waals surface area contributed by atoms with E-state index in [1.165, 1.54) is 13.8 Å². The van der Waals surface area contributed by atoms with Gasteiger partial charge < -0.3 is 163 Å². The largest absolute Gasteiger partial charge is 0.394 e. The topological polar surface area (TPSA) is 548 Å². The van der Waals surface area contributed by atoms with Crippen LogP contribution >= 0.6 is 23.5 Å². The molecular weight excluding hydrogens is 1180 g/mol. The molecule has 0 aromatic rings. The molecule has 0 aromatic heterocycles. The Bertz CT molecular complexity index is 2050. The zero-order valence-electron chi connectivity index (χ0n) is 44.0. The van der Waals surface area contributed by atoms with Gasteiger partial charge in [-0.25, -0.2) is 0 Å². The van der Waals surface area contributed by atoms with Crippen LogP contribution in [-0.2, 0) is 75.9 Å². The van der Waals surface area contributed by atoms with Crippen molar-refractivity contribution in [3.8, 4) is 0 Å². The molecule has 0 radical (unpaired) electrons. The van der Waals surface area contributed by atoms with E-state index in [4.69, 9.17) is 66.3 Å². The molecule has 21 aliphatic heterocycles. The molecule has 21 heterocycles. The summed E-state index contributed by atoms with van der Waals surface area (Å²) in [6.07, 6.45) is -69.8. The molecule has 21 rings (SSSR count). The van der Waals surface area contributed by atoms with E-state index in [-0.39, 0.29) is 0 Å². The molecule has 0 amide bonds. The molecular formula is C46H74O35S2. The summed E-state index contributed by atoms with van der Waals surface area (Å²) in [7, 11) is 0. The molecule has 0 aromatic carbocycles. The monoisotopic (exact) mass is 1250 g/mol. The molecule has 0 aliphatic carbocycles. The molecule has 83 heavy (non-hydrogen) atoms. The van der Waals surface area contributed by atoms with Crippen LogP contribution in [0.5, 0.6) is 0 Å². The highest BCUT2D eigenvalue weighted by Gasteiger charge is 2.59. The first-order chi connectivity index (χ1) is 39.4. The number of thioether (sulfide) groups is 2. The van der Waals surface area contributed by atoms with Gasteiger partial charge in [0.25, 0.3) is 0 Å². The molecule has 0 spiro atoms. The van der Waals surface area contributed by atoms with Crippen LogP contribution in [0.2, 0.25) is 0 Å². The van der Waals surface area contributed by atoms with E-state index >= 15 is 0 Å². The van der Waals surface area contributed by atoms with Gasteiger partial charge in [-0.05, 0) is 0 Å². The second-order valence-corrected chi connectivity index (χ2v) is 23.3. The number of rotatable bonds is 9. The molecule has 35 atom stereocenters. The van der Waals surface area contributed by atoms with Gasteiger partial charge in [-0.15, -0.1) is 0 Å². The van der Waals surface area contributed by atoms with Gasteiger partial charge >= 0.3 is 0 Å². The zero-order valence-corrected chi connectivity index (χ0v) is 45.6. The normalized spacial score (nSPS) is 52.1. The summed E-state index contributed by atoms with van der Waals surface area (Å²) < 4.78 is 81.3. The molecule has 0 saturated carbocycles. The highest BCUT2D eigenvalue weighted by atomic mass is 32.2. The second-order valence-electron chi connectivity index (χ2n) is 20.9. The van der Waals surface area contributed by atoms with Crippen molar-refractivity contribution in [2.24, 2.45) is 0 Å². The van der Waals surface area contributed by atoms with Crippen LogP contribution in [0.1, 0.15) is 13.8 Å². The molecule has 480 valence electrons. The predicted octanol–water partition coefficient (Wildman–Crippen LogP) is -12.7. The minimum absolute atomic E-state index is 0.401. The fourth-order valence-corrected chi connectivity index (χ4v) is 12.1. The summed E-state index contributed by atoms with van der Waals surface area (Å²) in [6.45, 7) is -2.92. The lowest BCUT2D eigenvalue weighted by Crippen LogP contribution is -2.68. The Morgan fingerprint density at radius 3 is 0.542 bits per heavy atom. The van der Waals surface area contributed by atoms with Crippen LogP contribution in [0.25, 0.3) is 0 Å². The first kappa shape index (κ1) is 67.6. The van der Waals surface area contributed by atoms with Crippen LogP contribution in [-0.4, -0.2) is 367 Å². The highest BCUT2D eigenvalue weighted by Crippen LogP contribution is 2.39. The summed E-state index contributed by atoms with van der Waals surface area (Å²) in [5.41, 5.74) is 0. The van der Waals surface area contributed by atoms with Crippen molar-refractivity contribution in [3.05, 3.63) is 0 Å².